The van der Waals surface area contributed by atoms with Crippen molar-refractivity contribution in [3.8, 4) is 0 Å². The molecule has 1 aliphatic carbocycles. The highest BCUT2D eigenvalue weighted by molar-refractivity contribution is 5.92. The van der Waals surface area contributed by atoms with Gasteiger partial charge in [-0.3, -0.25) is 14.5 Å². The number of hydrogen-bond donors (Lipinski definition) is 0. The predicted molar refractivity (Wildman–Crippen MR) is 109 cm³/mol. The van der Waals surface area contributed by atoms with Crippen LogP contribution in [0.15, 0.2) is 30.6 Å². The lowest BCUT2D eigenvalue weighted by Crippen LogP contribution is -2.43. The summed E-state index contributed by atoms with van der Waals surface area (Å²) < 4.78 is 7.83. The van der Waals surface area contributed by atoms with Gasteiger partial charge in [0.05, 0.1) is 24.6 Å². The van der Waals surface area contributed by atoms with E-state index in [0.29, 0.717) is 18.8 Å². The number of likely N-dealkylation sites (tertiary alicyclic amines) is 1. The van der Waals surface area contributed by atoms with Crippen molar-refractivity contribution < 1.29 is 9.53 Å². The molecule has 1 saturated heterocycles. The number of rotatable bonds is 7. The van der Waals surface area contributed by atoms with E-state index in [1.165, 1.54) is 32.1 Å². The van der Waals surface area contributed by atoms with Crippen LogP contribution in [0.25, 0.3) is 0 Å². The first-order valence-electron chi connectivity index (χ1n) is 11.0. The third-order valence-corrected chi connectivity index (χ3v) is 6.11. The molecule has 2 fully saturated rings. The lowest BCUT2D eigenvalue weighted by molar-refractivity contribution is -0.00801. The normalized spacial score (nSPS) is 20.7. The van der Waals surface area contributed by atoms with E-state index in [2.05, 4.69) is 15.3 Å². The van der Waals surface area contributed by atoms with Gasteiger partial charge in [0, 0.05) is 25.8 Å². The minimum atomic E-state index is -0.0416. The van der Waals surface area contributed by atoms with Crippen LogP contribution in [0.5, 0.6) is 0 Å². The fourth-order valence-corrected chi connectivity index (χ4v) is 4.40. The summed E-state index contributed by atoms with van der Waals surface area (Å²) in [5.74, 6) is 0.756. The summed E-state index contributed by atoms with van der Waals surface area (Å²) in [5.41, 5.74) is 1.36. The van der Waals surface area contributed by atoms with Gasteiger partial charge in [0.25, 0.3) is 5.91 Å². The first-order chi connectivity index (χ1) is 14.3. The van der Waals surface area contributed by atoms with Gasteiger partial charge in [0.15, 0.2) is 5.69 Å². The maximum Gasteiger partial charge on any atom is 0.276 e. The molecule has 29 heavy (non-hydrogen) atoms. The minimum Gasteiger partial charge on any atom is -0.370 e. The number of carbonyl (C=O) groups excluding carboxylic acids is 1. The molecule has 0 N–H and O–H groups in total. The Morgan fingerprint density at radius 3 is 2.86 bits per heavy atom. The molecule has 2 aromatic rings. The Kier molecular flexibility index (Phi) is 6.87. The minimum absolute atomic E-state index is 0.0380. The Labute approximate surface area is 172 Å². The third kappa shape index (κ3) is 5.63. The van der Waals surface area contributed by atoms with Crippen molar-refractivity contribution in [2.45, 2.75) is 70.6 Å². The highest BCUT2D eigenvalue weighted by Gasteiger charge is 2.27. The summed E-state index contributed by atoms with van der Waals surface area (Å²) in [5, 5.41) is 8.34. The van der Waals surface area contributed by atoms with Crippen LogP contribution in [0.4, 0.5) is 0 Å². The van der Waals surface area contributed by atoms with Crippen molar-refractivity contribution in [3.63, 3.8) is 0 Å². The molecule has 7 heteroatoms. The lowest BCUT2D eigenvalue weighted by atomic mass is 9.87. The molecule has 0 spiro atoms. The topological polar surface area (TPSA) is 73.1 Å². The summed E-state index contributed by atoms with van der Waals surface area (Å²) in [4.78, 5) is 19.0. The zero-order chi connectivity index (χ0) is 19.9. The molecule has 7 nitrogen and oxygen atoms in total. The fraction of sp³-hybridized carbons (Fsp3) is 0.636. The standard InChI is InChI=1S/C22H31N5O2/c28-22(21-16-27(25-24-21)14-11-18-7-2-1-3-8-18)26-13-6-10-20(15-26)29-17-19-9-4-5-12-23-19/h4-5,9,12,16,18,20H,1-3,6-8,10-11,13-15,17H2. The van der Waals surface area contributed by atoms with Gasteiger partial charge in [-0.15, -0.1) is 5.10 Å². The summed E-state index contributed by atoms with van der Waals surface area (Å²) in [7, 11) is 0. The highest BCUT2D eigenvalue weighted by atomic mass is 16.5. The van der Waals surface area contributed by atoms with Crippen molar-refractivity contribution in [2.75, 3.05) is 13.1 Å². The van der Waals surface area contributed by atoms with Crippen LogP contribution in [-0.2, 0) is 17.9 Å². The molecular weight excluding hydrogens is 366 g/mol. The quantitative estimate of drug-likeness (QED) is 0.715. The Balaban J connectivity index is 1.26. The summed E-state index contributed by atoms with van der Waals surface area (Å²) in [6.07, 6.45) is 13.4. The van der Waals surface area contributed by atoms with Gasteiger partial charge in [0.1, 0.15) is 0 Å². The Morgan fingerprint density at radius 1 is 1.14 bits per heavy atom. The molecule has 1 saturated carbocycles. The fourth-order valence-electron chi connectivity index (χ4n) is 4.40. The molecule has 3 heterocycles. The van der Waals surface area contributed by atoms with Crippen LogP contribution in [0, 0.1) is 5.92 Å². The first kappa shape index (κ1) is 20.0. The molecule has 1 atom stereocenters. The van der Waals surface area contributed by atoms with Crippen LogP contribution >= 0.6 is 0 Å². The molecule has 0 radical (unpaired) electrons. The number of piperidine rings is 1. The van der Waals surface area contributed by atoms with Gasteiger partial charge in [-0.05, 0) is 37.3 Å². The molecule has 2 aliphatic rings. The van der Waals surface area contributed by atoms with Gasteiger partial charge in [-0.2, -0.15) is 0 Å². The van der Waals surface area contributed by atoms with E-state index in [0.717, 1.165) is 44.0 Å². The molecule has 156 valence electrons. The number of nitrogens with zero attached hydrogens (tertiary/aromatic N) is 5. The van der Waals surface area contributed by atoms with E-state index in [1.54, 1.807) is 6.20 Å². The number of ether oxygens (including phenoxy) is 1. The molecule has 0 aromatic carbocycles. The predicted octanol–water partition coefficient (Wildman–Crippen LogP) is 3.46. The molecule has 1 amide bonds. The zero-order valence-electron chi connectivity index (χ0n) is 17.1. The molecule has 1 unspecified atom stereocenters. The van der Waals surface area contributed by atoms with Crippen molar-refractivity contribution in [1.82, 2.24) is 24.9 Å². The monoisotopic (exact) mass is 397 g/mol. The lowest BCUT2D eigenvalue weighted by Gasteiger charge is -2.32. The van der Waals surface area contributed by atoms with Crippen LogP contribution in [0.2, 0.25) is 0 Å². The smallest absolute Gasteiger partial charge is 0.276 e. The van der Waals surface area contributed by atoms with Gasteiger partial charge < -0.3 is 9.64 Å². The van der Waals surface area contributed by atoms with Crippen molar-refractivity contribution in [3.05, 3.63) is 42.0 Å². The number of hydrogen-bond acceptors (Lipinski definition) is 5. The van der Waals surface area contributed by atoms with E-state index in [4.69, 9.17) is 4.74 Å². The largest absolute Gasteiger partial charge is 0.370 e. The Bertz CT molecular complexity index is 773. The maximum absolute atomic E-state index is 12.9. The van der Waals surface area contributed by atoms with Gasteiger partial charge >= 0.3 is 0 Å². The van der Waals surface area contributed by atoms with Gasteiger partial charge in [0.2, 0.25) is 0 Å². The zero-order valence-corrected chi connectivity index (χ0v) is 17.1. The maximum atomic E-state index is 12.9. The number of aromatic nitrogens is 4. The van der Waals surface area contributed by atoms with Crippen molar-refractivity contribution in [1.29, 1.82) is 0 Å². The van der Waals surface area contributed by atoms with Crippen LogP contribution in [-0.4, -0.2) is 50.0 Å². The number of amides is 1. The van der Waals surface area contributed by atoms with Gasteiger partial charge in [-0.25, -0.2) is 0 Å². The van der Waals surface area contributed by atoms with Crippen LogP contribution in [0.3, 0.4) is 0 Å². The second-order valence-corrected chi connectivity index (χ2v) is 8.31. The average molecular weight is 398 g/mol. The van der Waals surface area contributed by atoms with Crippen LogP contribution in [0.1, 0.15) is 67.5 Å². The second kappa shape index (κ2) is 9.96. The van der Waals surface area contributed by atoms with E-state index in [1.807, 2.05) is 34.0 Å². The highest BCUT2D eigenvalue weighted by Crippen LogP contribution is 2.26. The SMILES string of the molecule is O=C(c1cn(CCC2CCCCC2)nn1)N1CCCC(OCc2ccccn2)C1. The summed E-state index contributed by atoms with van der Waals surface area (Å²) >= 11 is 0. The number of pyridine rings is 1. The summed E-state index contributed by atoms with van der Waals surface area (Å²) in [6.45, 7) is 2.67. The number of carbonyl (C=O) groups is 1. The number of aryl methyl sites for hydroxylation is 1. The van der Waals surface area contributed by atoms with Crippen LogP contribution < -0.4 is 0 Å². The van der Waals surface area contributed by atoms with Gasteiger partial charge in [-0.1, -0.05) is 43.4 Å². The Hall–Kier alpha value is -2.28. The molecule has 1 aliphatic heterocycles. The van der Waals surface area contributed by atoms with E-state index >= 15 is 0 Å². The molecular formula is C22H31N5O2. The molecule has 0 bridgehead atoms. The summed E-state index contributed by atoms with van der Waals surface area (Å²) in [6, 6.07) is 5.81. The van der Waals surface area contributed by atoms with E-state index in [-0.39, 0.29) is 12.0 Å². The van der Waals surface area contributed by atoms with E-state index < -0.39 is 0 Å². The molecule has 4 rings (SSSR count). The first-order valence-corrected chi connectivity index (χ1v) is 11.0. The second-order valence-electron chi connectivity index (χ2n) is 8.31. The third-order valence-electron chi connectivity index (χ3n) is 6.11. The Morgan fingerprint density at radius 2 is 2.03 bits per heavy atom. The average Bonchev–Trinajstić information content (AvgIpc) is 3.26. The molecule has 2 aromatic heterocycles. The van der Waals surface area contributed by atoms with Crippen molar-refractivity contribution >= 4 is 5.91 Å². The van der Waals surface area contributed by atoms with E-state index in [9.17, 15) is 4.79 Å². The van der Waals surface area contributed by atoms with Crippen molar-refractivity contribution in [2.24, 2.45) is 5.92 Å².